The first kappa shape index (κ1) is 14.2. The molecule has 5 nitrogen and oxygen atoms in total. The largest absolute Gasteiger partial charge is 0.398 e. The Kier molecular flexibility index (Phi) is 4.47. The molecule has 6 heteroatoms. The molecular weight excluding hydrogens is 274 g/mol. The predicted octanol–water partition coefficient (Wildman–Crippen LogP) is 1.95. The van der Waals surface area contributed by atoms with E-state index in [1.807, 2.05) is 25.1 Å². The number of H-pyrrole nitrogens is 1. The van der Waals surface area contributed by atoms with Crippen LogP contribution in [0.15, 0.2) is 41.4 Å². The van der Waals surface area contributed by atoms with Gasteiger partial charge in [-0.05, 0) is 36.8 Å². The highest BCUT2D eigenvalue weighted by atomic mass is 32.2. The fraction of sp³-hybridized carbons (Fsp3) is 0.143. The number of hydrogen-bond acceptors (Lipinski definition) is 4. The van der Waals surface area contributed by atoms with Crippen LogP contribution in [0.5, 0.6) is 0 Å². The van der Waals surface area contributed by atoms with Crippen molar-refractivity contribution in [2.24, 2.45) is 0 Å². The summed E-state index contributed by atoms with van der Waals surface area (Å²) >= 11 is 1.30. The number of benzene rings is 1. The minimum Gasteiger partial charge on any atom is -0.398 e. The summed E-state index contributed by atoms with van der Waals surface area (Å²) in [4.78, 5) is 26.9. The van der Waals surface area contributed by atoms with Crippen molar-refractivity contribution in [3.63, 3.8) is 0 Å². The summed E-state index contributed by atoms with van der Waals surface area (Å²) in [6.07, 6.45) is 1.63. The molecule has 104 valence electrons. The van der Waals surface area contributed by atoms with Crippen LogP contribution in [-0.2, 0) is 4.79 Å². The molecule has 1 heterocycles. The van der Waals surface area contributed by atoms with E-state index in [9.17, 15) is 9.59 Å². The molecule has 2 rings (SSSR count). The minimum absolute atomic E-state index is 0.139. The number of aromatic nitrogens is 1. The fourth-order valence-corrected chi connectivity index (χ4v) is 2.39. The average Bonchev–Trinajstić information content (AvgIpc) is 2.91. The Morgan fingerprint density at radius 1 is 1.35 bits per heavy atom. The molecule has 2 amide bonds. The van der Waals surface area contributed by atoms with Gasteiger partial charge in [0.1, 0.15) is 5.69 Å². The number of imide groups is 1. The molecule has 1 aromatic carbocycles. The van der Waals surface area contributed by atoms with E-state index in [1.165, 1.54) is 11.8 Å². The van der Waals surface area contributed by atoms with Gasteiger partial charge < -0.3 is 10.7 Å². The second-order valence-corrected chi connectivity index (χ2v) is 5.31. The highest BCUT2D eigenvalue weighted by Crippen LogP contribution is 2.25. The molecule has 0 saturated carbocycles. The Hall–Kier alpha value is -2.21. The Balaban J connectivity index is 1.88. The second-order valence-electron chi connectivity index (χ2n) is 4.29. The Morgan fingerprint density at radius 2 is 2.15 bits per heavy atom. The lowest BCUT2D eigenvalue weighted by Gasteiger charge is -2.06. The van der Waals surface area contributed by atoms with Crippen LogP contribution in [0.25, 0.3) is 0 Å². The van der Waals surface area contributed by atoms with Gasteiger partial charge in [0.25, 0.3) is 5.91 Å². The van der Waals surface area contributed by atoms with E-state index in [2.05, 4.69) is 10.3 Å². The van der Waals surface area contributed by atoms with Crippen LogP contribution >= 0.6 is 11.8 Å². The summed E-state index contributed by atoms with van der Waals surface area (Å²) in [5, 5.41) is 2.31. The quantitative estimate of drug-likeness (QED) is 0.593. The maximum atomic E-state index is 11.7. The molecule has 0 fully saturated rings. The molecule has 0 aliphatic carbocycles. The van der Waals surface area contributed by atoms with Gasteiger partial charge in [-0.1, -0.05) is 6.07 Å². The zero-order chi connectivity index (χ0) is 14.5. The Bertz CT molecular complexity index is 623. The molecule has 0 atom stereocenters. The SMILES string of the molecule is Cc1ccc(SCC(=O)NC(=O)c2ccc[nH]2)c(N)c1. The molecule has 2 aromatic rings. The topological polar surface area (TPSA) is 88.0 Å². The van der Waals surface area contributed by atoms with Gasteiger partial charge in [0.15, 0.2) is 0 Å². The zero-order valence-electron chi connectivity index (χ0n) is 11.0. The van der Waals surface area contributed by atoms with Gasteiger partial charge in [0.05, 0.1) is 5.75 Å². The average molecular weight is 289 g/mol. The summed E-state index contributed by atoms with van der Waals surface area (Å²) < 4.78 is 0. The first-order valence-corrected chi connectivity index (χ1v) is 7.01. The van der Waals surface area contributed by atoms with E-state index in [-0.39, 0.29) is 11.7 Å². The second kappa shape index (κ2) is 6.29. The summed E-state index contributed by atoms with van der Waals surface area (Å²) in [6, 6.07) is 8.95. The van der Waals surface area contributed by atoms with Crippen molar-refractivity contribution in [1.82, 2.24) is 10.3 Å². The molecule has 0 aliphatic rings. The Labute approximate surface area is 120 Å². The van der Waals surface area contributed by atoms with Gasteiger partial charge in [-0.25, -0.2) is 0 Å². The van der Waals surface area contributed by atoms with Crippen LogP contribution in [0, 0.1) is 6.92 Å². The molecular formula is C14H15N3O2S. The van der Waals surface area contributed by atoms with Crippen LogP contribution in [0.3, 0.4) is 0 Å². The van der Waals surface area contributed by atoms with Crippen molar-refractivity contribution in [1.29, 1.82) is 0 Å². The molecule has 1 aromatic heterocycles. The fourth-order valence-electron chi connectivity index (χ4n) is 1.64. The number of aromatic amines is 1. The number of rotatable bonds is 4. The van der Waals surface area contributed by atoms with Gasteiger partial charge in [-0.3, -0.25) is 14.9 Å². The van der Waals surface area contributed by atoms with Gasteiger partial charge in [0, 0.05) is 16.8 Å². The van der Waals surface area contributed by atoms with E-state index >= 15 is 0 Å². The van der Waals surface area contributed by atoms with Crippen LogP contribution < -0.4 is 11.1 Å². The van der Waals surface area contributed by atoms with Crippen LogP contribution in [0.1, 0.15) is 16.1 Å². The van der Waals surface area contributed by atoms with E-state index in [4.69, 9.17) is 5.73 Å². The molecule has 0 unspecified atom stereocenters. The molecule has 0 radical (unpaired) electrons. The number of thioether (sulfide) groups is 1. The van der Waals surface area contributed by atoms with E-state index in [0.717, 1.165) is 10.5 Å². The lowest BCUT2D eigenvalue weighted by molar-refractivity contribution is -0.117. The van der Waals surface area contributed by atoms with Crippen molar-refractivity contribution in [2.45, 2.75) is 11.8 Å². The maximum Gasteiger partial charge on any atom is 0.274 e. The third-order valence-corrected chi connectivity index (χ3v) is 3.71. The van der Waals surface area contributed by atoms with Crippen LogP contribution in [-0.4, -0.2) is 22.6 Å². The standard InChI is InChI=1S/C14H15N3O2S/c1-9-4-5-12(10(15)7-9)20-8-13(18)17-14(19)11-3-2-6-16-11/h2-7,16H,8,15H2,1H3,(H,17,18,19). The third kappa shape index (κ3) is 3.64. The summed E-state index contributed by atoms with van der Waals surface area (Å²) in [6.45, 7) is 1.95. The highest BCUT2D eigenvalue weighted by molar-refractivity contribution is 8.00. The van der Waals surface area contributed by atoms with Crippen molar-refractivity contribution in [3.8, 4) is 0 Å². The number of nitrogens with one attached hydrogen (secondary N) is 2. The lowest BCUT2D eigenvalue weighted by atomic mass is 10.2. The smallest absolute Gasteiger partial charge is 0.274 e. The number of carbonyl (C=O) groups is 2. The normalized spacial score (nSPS) is 10.2. The highest BCUT2D eigenvalue weighted by Gasteiger charge is 2.11. The number of nitrogens with two attached hydrogens (primary N) is 1. The molecule has 20 heavy (non-hydrogen) atoms. The number of carbonyl (C=O) groups excluding carboxylic acids is 2. The van der Waals surface area contributed by atoms with Gasteiger partial charge in [0.2, 0.25) is 5.91 Å². The molecule has 0 bridgehead atoms. The van der Waals surface area contributed by atoms with Crippen LogP contribution in [0.4, 0.5) is 5.69 Å². The summed E-state index contributed by atoms with van der Waals surface area (Å²) in [5.74, 6) is -0.647. The maximum absolute atomic E-state index is 11.7. The predicted molar refractivity (Wildman–Crippen MR) is 79.6 cm³/mol. The monoisotopic (exact) mass is 289 g/mol. The van der Waals surface area contributed by atoms with Crippen molar-refractivity contribution in [3.05, 3.63) is 47.8 Å². The number of hydrogen-bond donors (Lipinski definition) is 3. The van der Waals surface area contributed by atoms with Crippen molar-refractivity contribution in [2.75, 3.05) is 11.5 Å². The first-order valence-electron chi connectivity index (χ1n) is 6.03. The van der Waals surface area contributed by atoms with Crippen molar-refractivity contribution >= 4 is 29.3 Å². The summed E-state index contributed by atoms with van der Waals surface area (Å²) in [7, 11) is 0. The number of amides is 2. The zero-order valence-corrected chi connectivity index (χ0v) is 11.8. The lowest BCUT2D eigenvalue weighted by Crippen LogP contribution is -2.32. The third-order valence-electron chi connectivity index (χ3n) is 2.62. The number of anilines is 1. The molecule has 0 spiro atoms. The first-order chi connectivity index (χ1) is 9.56. The van der Waals surface area contributed by atoms with Gasteiger partial charge in [-0.15, -0.1) is 11.8 Å². The van der Waals surface area contributed by atoms with Crippen LogP contribution in [0.2, 0.25) is 0 Å². The van der Waals surface area contributed by atoms with E-state index < -0.39 is 5.91 Å². The minimum atomic E-state index is -0.433. The Morgan fingerprint density at radius 3 is 2.80 bits per heavy atom. The molecule has 0 saturated heterocycles. The number of aryl methyl sites for hydroxylation is 1. The summed E-state index contributed by atoms with van der Waals surface area (Å²) in [5.41, 5.74) is 7.93. The van der Waals surface area contributed by atoms with E-state index in [1.54, 1.807) is 18.3 Å². The van der Waals surface area contributed by atoms with Gasteiger partial charge in [-0.2, -0.15) is 0 Å². The molecule has 4 N–H and O–H groups in total. The van der Waals surface area contributed by atoms with Gasteiger partial charge >= 0.3 is 0 Å². The van der Waals surface area contributed by atoms with Crippen molar-refractivity contribution < 1.29 is 9.59 Å². The number of nitrogen functional groups attached to an aromatic ring is 1. The van der Waals surface area contributed by atoms with E-state index in [0.29, 0.717) is 11.4 Å². The molecule has 0 aliphatic heterocycles.